The molecule has 0 aromatic heterocycles. The topological polar surface area (TPSA) is 126 Å². The molecule has 0 aliphatic carbocycles. The van der Waals surface area contributed by atoms with Crippen molar-refractivity contribution in [2.45, 2.75) is 18.6 Å². The predicted octanol–water partition coefficient (Wildman–Crippen LogP) is 4.24. The van der Waals surface area contributed by atoms with Crippen LogP contribution in [0.15, 0.2) is 52.7 Å². The van der Waals surface area contributed by atoms with Crippen molar-refractivity contribution < 1.29 is 14.5 Å². The van der Waals surface area contributed by atoms with E-state index in [0.29, 0.717) is 27.0 Å². The molecule has 2 aromatic carbocycles. The summed E-state index contributed by atoms with van der Waals surface area (Å²) in [6.07, 6.45) is -0.0838. The first kappa shape index (κ1) is 22.7. The Morgan fingerprint density at radius 1 is 1.26 bits per heavy atom. The standard InChI is InChI=1S/C19H15Cl2N5O4S/c1-10(11-2-5-13(6-3-11)26(29)30)24-25-19-23-18(28)16(31-19)9-17(27)22-15-7-4-12(20)8-14(15)21/h2-8,16H,9H2,1H3,(H,22,27)(H,23,25,28)/b24-10-. The van der Waals surface area contributed by atoms with E-state index in [9.17, 15) is 19.7 Å². The molecule has 1 unspecified atom stereocenters. The summed E-state index contributed by atoms with van der Waals surface area (Å²) in [5, 5.41) is 24.3. The number of nitrogens with one attached hydrogen (secondary N) is 2. The minimum atomic E-state index is -0.667. The second kappa shape index (κ2) is 9.90. The van der Waals surface area contributed by atoms with Gasteiger partial charge in [-0.2, -0.15) is 5.10 Å². The van der Waals surface area contributed by atoms with Gasteiger partial charge in [0, 0.05) is 23.6 Å². The van der Waals surface area contributed by atoms with Crippen LogP contribution < -0.4 is 10.6 Å². The molecule has 2 amide bonds. The van der Waals surface area contributed by atoms with Crippen LogP contribution in [0.2, 0.25) is 10.0 Å². The Balaban J connectivity index is 1.61. The quantitative estimate of drug-likeness (QED) is 0.363. The van der Waals surface area contributed by atoms with Gasteiger partial charge in [-0.15, -0.1) is 5.10 Å². The molecular formula is C19H15Cl2N5O4S. The van der Waals surface area contributed by atoms with E-state index in [1.165, 1.54) is 18.2 Å². The fourth-order valence-corrected chi connectivity index (χ4v) is 3.92. The number of non-ortho nitro benzene ring substituents is 1. The van der Waals surface area contributed by atoms with Gasteiger partial charge < -0.3 is 10.6 Å². The third-order valence-corrected chi connectivity index (χ3v) is 5.76. The molecule has 0 radical (unpaired) electrons. The summed E-state index contributed by atoms with van der Waals surface area (Å²) in [5.41, 5.74) is 1.54. The van der Waals surface area contributed by atoms with Crippen molar-refractivity contribution in [1.29, 1.82) is 0 Å². The molecule has 3 rings (SSSR count). The summed E-state index contributed by atoms with van der Waals surface area (Å²) >= 11 is 13.0. The number of amidine groups is 1. The number of benzene rings is 2. The van der Waals surface area contributed by atoms with Crippen molar-refractivity contribution in [3.8, 4) is 0 Å². The van der Waals surface area contributed by atoms with Crippen molar-refractivity contribution in [1.82, 2.24) is 5.32 Å². The van der Waals surface area contributed by atoms with Crippen LogP contribution in [0, 0.1) is 10.1 Å². The van der Waals surface area contributed by atoms with Crippen LogP contribution in [0.5, 0.6) is 0 Å². The first-order valence-electron chi connectivity index (χ1n) is 8.82. The van der Waals surface area contributed by atoms with E-state index in [0.717, 1.165) is 11.8 Å². The molecule has 12 heteroatoms. The lowest BCUT2D eigenvalue weighted by molar-refractivity contribution is -0.384. The zero-order valence-electron chi connectivity index (χ0n) is 16.0. The number of carbonyl (C=O) groups is 2. The molecule has 1 aliphatic rings. The van der Waals surface area contributed by atoms with Gasteiger partial charge in [0.15, 0.2) is 5.17 Å². The van der Waals surface area contributed by atoms with Crippen LogP contribution in [0.4, 0.5) is 11.4 Å². The minimum Gasteiger partial charge on any atom is -0.325 e. The minimum absolute atomic E-state index is 0.0255. The highest BCUT2D eigenvalue weighted by Gasteiger charge is 2.32. The second-order valence-electron chi connectivity index (χ2n) is 6.37. The van der Waals surface area contributed by atoms with Crippen molar-refractivity contribution in [2.75, 3.05) is 5.32 Å². The van der Waals surface area contributed by atoms with Gasteiger partial charge >= 0.3 is 0 Å². The molecule has 1 atom stereocenters. The number of rotatable bonds is 6. The van der Waals surface area contributed by atoms with Gasteiger partial charge in [-0.3, -0.25) is 19.7 Å². The average molecular weight is 480 g/mol. The first-order chi connectivity index (χ1) is 14.7. The predicted molar refractivity (Wildman–Crippen MR) is 122 cm³/mol. The Morgan fingerprint density at radius 2 is 1.97 bits per heavy atom. The van der Waals surface area contributed by atoms with Crippen LogP contribution in [-0.4, -0.2) is 32.9 Å². The number of anilines is 1. The lowest BCUT2D eigenvalue weighted by atomic mass is 10.1. The third kappa shape index (κ3) is 6.03. The molecule has 160 valence electrons. The Morgan fingerprint density at radius 3 is 2.61 bits per heavy atom. The van der Waals surface area contributed by atoms with Crippen LogP contribution in [0.3, 0.4) is 0 Å². The third-order valence-electron chi connectivity index (χ3n) is 4.14. The lowest BCUT2D eigenvalue weighted by Crippen LogP contribution is -2.28. The number of hydrogen-bond donors (Lipinski definition) is 2. The normalized spacial score (nSPS) is 17.5. The molecule has 1 saturated heterocycles. The zero-order chi connectivity index (χ0) is 22.5. The second-order valence-corrected chi connectivity index (χ2v) is 8.40. The number of nitrogens with zero attached hydrogens (tertiary/aromatic N) is 3. The van der Waals surface area contributed by atoms with Crippen molar-refractivity contribution >= 4 is 69.0 Å². The van der Waals surface area contributed by atoms with Gasteiger partial charge in [0.05, 0.1) is 21.3 Å². The van der Waals surface area contributed by atoms with Crippen molar-refractivity contribution in [2.24, 2.45) is 10.2 Å². The molecule has 1 aliphatic heterocycles. The summed E-state index contributed by atoms with van der Waals surface area (Å²) in [6, 6.07) is 10.5. The average Bonchev–Trinajstić information content (AvgIpc) is 3.07. The number of thioether (sulfide) groups is 1. The highest BCUT2D eigenvalue weighted by Crippen LogP contribution is 2.27. The fraction of sp³-hybridized carbons (Fsp3) is 0.158. The Labute approximate surface area is 191 Å². The van der Waals surface area contributed by atoms with Crippen LogP contribution >= 0.6 is 35.0 Å². The van der Waals surface area contributed by atoms with Crippen LogP contribution in [0.25, 0.3) is 0 Å². The maximum Gasteiger partial charge on any atom is 0.269 e. The number of hydrogen-bond acceptors (Lipinski definition) is 7. The molecule has 1 fully saturated rings. The zero-order valence-corrected chi connectivity index (χ0v) is 18.3. The van der Waals surface area contributed by atoms with Crippen molar-refractivity contribution in [3.05, 3.63) is 68.2 Å². The molecule has 0 saturated carbocycles. The molecule has 1 heterocycles. The summed E-state index contributed by atoms with van der Waals surface area (Å²) in [4.78, 5) is 34.7. The SMILES string of the molecule is C/C(=N/N=C1\NC(=O)C(CC(=O)Nc2ccc(Cl)cc2Cl)S1)c1ccc([N+](=O)[O-])cc1. The summed E-state index contributed by atoms with van der Waals surface area (Å²) in [7, 11) is 0. The summed E-state index contributed by atoms with van der Waals surface area (Å²) in [5.74, 6) is -0.743. The van der Waals surface area contributed by atoms with Gasteiger partial charge in [-0.05, 0) is 42.8 Å². The largest absolute Gasteiger partial charge is 0.325 e. The molecule has 2 N–H and O–H groups in total. The van der Waals surface area contributed by atoms with E-state index >= 15 is 0 Å². The van der Waals surface area contributed by atoms with Gasteiger partial charge in [-0.1, -0.05) is 35.0 Å². The van der Waals surface area contributed by atoms with Gasteiger partial charge in [-0.25, -0.2) is 0 Å². The Kier molecular flexibility index (Phi) is 7.26. The maximum atomic E-state index is 12.3. The number of nitro groups is 1. The van der Waals surface area contributed by atoms with E-state index < -0.39 is 10.2 Å². The summed E-state index contributed by atoms with van der Waals surface area (Å²) in [6.45, 7) is 1.69. The van der Waals surface area contributed by atoms with Gasteiger partial charge in [0.25, 0.3) is 5.69 Å². The van der Waals surface area contributed by atoms with E-state index in [-0.39, 0.29) is 29.1 Å². The number of nitro benzene ring substituents is 1. The maximum absolute atomic E-state index is 12.3. The highest BCUT2D eigenvalue weighted by molar-refractivity contribution is 8.15. The Hall–Kier alpha value is -2.95. The molecule has 9 nitrogen and oxygen atoms in total. The van der Waals surface area contributed by atoms with E-state index in [4.69, 9.17) is 23.2 Å². The van der Waals surface area contributed by atoms with Crippen molar-refractivity contribution in [3.63, 3.8) is 0 Å². The molecule has 0 spiro atoms. The highest BCUT2D eigenvalue weighted by atomic mass is 35.5. The van der Waals surface area contributed by atoms with E-state index in [1.807, 2.05) is 0 Å². The van der Waals surface area contributed by atoms with Crippen LogP contribution in [-0.2, 0) is 9.59 Å². The smallest absolute Gasteiger partial charge is 0.269 e. The molecular weight excluding hydrogens is 465 g/mol. The fourth-order valence-electron chi connectivity index (χ4n) is 2.55. The molecule has 0 bridgehead atoms. The monoisotopic (exact) mass is 479 g/mol. The number of carbonyl (C=O) groups excluding carboxylic acids is 2. The van der Waals surface area contributed by atoms with Crippen LogP contribution in [0.1, 0.15) is 18.9 Å². The lowest BCUT2D eigenvalue weighted by Gasteiger charge is -2.09. The first-order valence-corrected chi connectivity index (χ1v) is 10.5. The van der Waals surface area contributed by atoms with Gasteiger partial charge in [0.2, 0.25) is 11.8 Å². The van der Waals surface area contributed by atoms with E-state index in [1.54, 1.807) is 31.2 Å². The number of halogens is 2. The number of amides is 2. The summed E-state index contributed by atoms with van der Waals surface area (Å²) < 4.78 is 0. The Bertz CT molecular complexity index is 1100. The molecule has 31 heavy (non-hydrogen) atoms. The molecule has 2 aromatic rings. The van der Waals surface area contributed by atoms with E-state index in [2.05, 4.69) is 20.8 Å². The van der Waals surface area contributed by atoms with Gasteiger partial charge in [0.1, 0.15) is 5.25 Å².